The van der Waals surface area contributed by atoms with Gasteiger partial charge in [-0.15, -0.1) is 11.3 Å². The number of hydrogen-bond donors (Lipinski definition) is 1. The van der Waals surface area contributed by atoms with Gasteiger partial charge in [-0.2, -0.15) is 0 Å². The number of amides is 1. The van der Waals surface area contributed by atoms with Crippen molar-refractivity contribution >= 4 is 22.4 Å². The van der Waals surface area contributed by atoms with Gasteiger partial charge in [0.1, 0.15) is 5.82 Å². The van der Waals surface area contributed by atoms with E-state index in [0.29, 0.717) is 10.8 Å². The molecule has 138 valence electrons. The van der Waals surface area contributed by atoms with E-state index in [1.807, 2.05) is 66.0 Å². The second kappa shape index (κ2) is 8.15. The molecule has 0 aliphatic carbocycles. The maximum atomic E-state index is 13.1. The van der Waals surface area contributed by atoms with Crippen molar-refractivity contribution in [3.05, 3.63) is 107 Å². The SMILES string of the molecule is O=C(Nc1nc(-c2ccc(F)cc2)cs1)C(c1ccccc1)c1ccccc1. The Morgan fingerprint density at radius 2 is 1.43 bits per heavy atom. The number of carbonyl (C=O) groups excluding carboxylic acids is 1. The fourth-order valence-corrected chi connectivity index (χ4v) is 3.77. The first-order chi connectivity index (χ1) is 13.7. The highest BCUT2D eigenvalue weighted by molar-refractivity contribution is 7.14. The molecule has 0 aliphatic rings. The van der Waals surface area contributed by atoms with E-state index < -0.39 is 5.92 Å². The molecule has 1 N–H and O–H groups in total. The number of anilines is 1. The first-order valence-corrected chi connectivity index (χ1v) is 9.71. The van der Waals surface area contributed by atoms with Crippen molar-refractivity contribution in [2.24, 2.45) is 0 Å². The smallest absolute Gasteiger partial charge is 0.238 e. The molecule has 4 rings (SSSR count). The van der Waals surface area contributed by atoms with Crippen molar-refractivity contribution in [1.29, 1.82) is 0 Å². The number of aromatic nitrogens is 1. The largest absolute Gasteiger partial charge is 0.301 e. The summed E-state index contributed by atoms with van der Waals surface area (Å²) in [5, 5.41) is 5.30. The zero-order valence-electron chi connectivity index (χ0n) is 14.9. The van der Waals surface area contributed by atoms with E-state index in [9.17, 15) is 9.18 Å². The number of thiazole rings is 1. The molecule has 5 heteroatoms. The number of nitrogens with zero attached hydrogens (tertiary/aromatic N) is 1. The van der Waals surface area contributed by atoms with Gasteiger partial charge in [0.15, 0.2) is 5.13 Å². The van der Waals surface area contributed by atoms with E-state index in [-0.39, 0.29) is 11.7 Å². The Bertz CT molecular complexity index is 1020. The summed E-state index contributed by atoms with van der Waals surface area (Å²) in [5.74, 6) is -0.862. The lowest BCUT2D eigenvalue weighted by Gasteiger charge is -2.17. The second-order valence-corrected chi connectivity index (χ2v) is 7.15. The highest BCUT2D eigenvalue weighted by Crippen LogP contribution is 2.29. The van der Waals surface area contributed by atoms with Crippen molar-refractivity contribution in [3.8, 4) is 11.3 Å². The lowest BCUT2D eigenvalue weighted by molar-refractivity contribution is -0.116. The van der Waals surface area contributed by atoms with Crippen molar-refractivity contribution in [3.63, 3.8) is 0 Å². The van der Waals surface area contributed by atoms with Crippen LogP contribution in [-0.4, -0.2) is 10.9 Å². The predicted molar refractivity (Wildman–Crippen MR) is 111 cm³/mol. The Hall–Kier alpha value is -3.31. The van der Waals surface area contributed by atoms with E-state index in [1.54, 1.807) is 12.1 Å². The minimum Gasteiger partial charge on any atom is -0.301 e. The van der Waals surface area contributed by atoms with Crippen LogP contribution in [0.4, 0.5) is 9.52 Å². The highest BCUT2D eigenvalue weighted by atomic mass is 32.1. The summed E-state index contributed by atoms with van der Waals surface area (Å²) in [6, 6.07) is 25.5. The first kappa shape index (κ1) is 18.1. The molecule has 3 nitrogen and oxygen atoms in total. The van der Waals surface area contributed by atoms with Crippen LogP contribution in [0.25, 0.3) is 11.3 Å². The number of nitrogens with one attached hydrogen (secondary N) is 1. The third-order valence-corrected chi connectivity index (χ3v) is 5.16. The molecule has 28 heavy (non-hydrogen) atoms. The summed E-state index contributed by atoms with van der Waals surface area (Å²) in [5.41, 5.74) is 3.35. The molecule has 0 aliphatic heterocycles. The third-order valence-electron chi connectivity index (χ3n) is 4.40. The quantitative estimate of drug-likeness (QED) is 0.475. The molecule has 0 bridgehead atoms. The molecule has 3 aromatic carbocycles. The molecule has 1 amide bonds. The van der Waals surface area contributed by atoms with Crippen LogP contribution < -0.4 is 5.32 Å². The molecule has 0 fully saturated rings. The second-order valence-electron chi connectivity index (χ2n) is 6.29. The van der Waals surface area contributed by atoms with Crippen LogP contribution in [-0.2, 0) is 4.79 Å². The average Bonchev–Trinajstić information content (AvgIpc) is 3.19. The van der Waals surface area contributed by atoms with Crippen LogP contribution in [0.2, 0.25) is 0 Å². The normalized spacial score (nSPS) is 10.8. The van der Waals surface area contributed by atoms with Gasteiger partial charge < -0.3 is 5.32 Å². The molecule has 0 unspecified atom stereocenters. The van der Waals surface area contributed by atoms with Gasteiger partial charge in [-0.25, -0.2) is 9.37 Å². The van der Waals surface area contributed by atoms with Crippen LogP contribution in [0, 0.1) is 5.82 Å². The van der Waals surface area contributed by atoms with Gasteiger partial charge in [-0.1, -0.05) is 60.7 Å². The van der Waals surface area contributed by atoms with Gasteiger partial charge in [0.05, 0.1) is 11.6 Å². The van der Waals surface area contributed by atoms with Crippen LogP contribution in [0.3, 0.4) is 0 Å². The van der Waals surface area contributed by atoms with E-state index in [2.05, 4.69) is 10.3 Å². The predicted octanol–water partition coefficient (Wildman–Crippen LogP) is 5.72. The summed E-state index contributed by atoms with van der Waals surface area (Å²) >= 11 is 1.35. The highest BCUT2D eigenvalue weighted by Gasteiger charge is 2.23. The maximum absolute atomic E-state index is 13.1. The summed E-state index contributed by atoms with van der Waals surface area (Å²) in [6.07, 6.45) is 0. The monoisotopic (exact) mass is 388 g/mol. The number of benzene rings is 3. The Labute approximate surface area is 166 Å². The summed E-state index contributed by atoms with van der Waals surface area (Å²) < 4.78 is 13.1. The molecule has 4 aromatic rings. The van der Waals surface area contributed by atoms with Gasteiger partial charge >= 0.3 is 0 Å². The van der Waals surface area contributed by atoms with Crippen LogP contribution >= 0.6 is 11.3 Å². The fourth-order valence-electron chi connectivity index (χ4n) is 3.05. The van der Waals surface area contributed by atoms with Gasteiger partial charge in [0, 0.05) is 10.9 Å². The number of halogens is 1. The number of rotatable bonds is 5. The summed E-state index contributed by atoms with van der Waals surface area (Å²) in [7, 11) is 0. The van der Waals surface area contributed by atoms with E-state index in [4.69, 9.17) is 0 Å². The number of hydrogen-bond acceptors (Lipinski definition) is 3. The molecule has 0 atom stereocenters. The minimum atomic E-state index is -0.430. The van der Waals surface area contributed by atoms with Gasteiger partial charge in [0.25, 0.3) is 0 Å². The van der Waals surface area contributed by atoms with Crippen LogP contribution in [0.15, 0.2) is 90.3 Å². The molecule has 1 heterocycles. The zero-order chi connectivity index (χ0) is 19.3. The Kier molecular flexibility index (Phi) is 5.26. The molecular formula is C23H17FN2OS. The zero-order valence-corrected chi connectivity index (χ0v) is 15.7. The molecule has 0 saturated carbocycles. The van der Waals surface area contributed by atoms with E-state index in [1.165, 1.54) is 23.5 Å². The average molecular weight is 388 g/mol. The first-order valence-electron chi connectivity index (χ1n) is 8.83. The molecule has 0 saturated heterocycles. The summed E-state index contributed by atoms with van der Waals surface area (Å²) in [4.78, 5) is 17.6. The maximum Gasteiger partial charge on any atom is 0.238 e. The minimum absolute atomic E-state index is 0.141. The standard InChI is InChI=1S/C23H17FN2OS/c24-19-13-11-16(12-14-19)20-15-28-23(25-20)26-22(27)21(17-7-3-1-4-8-17)18-9-5-2-6-10-18/h1-15,21H,(H,25,26,27). The summed E-state index contributed by atoms with van der Waals surface area (Å²) in [6.45, 7) is 0. The van der Waals surface area contributed by atoms with Crippen molar-refractivity contribution in [2.75, 3.05) is 5.32 Å². The molecule has 0 spiro atoms. The Morgan fingerprint density at radius 1 is 0.857 bits per heavy atom. The van der Waals surface area contributed by atoms with Crippen molar-refractivity contribution in [1.82, 2.24) is 4.98 Å². The topological polar surface area (TPSA) is 42.0 Å². The fraction of sp³-hybridized carbons (Fsp3) is 0.0435. The number of carbonyl (C=O) groups is 1. The van der Waals surface area contributed by atoms with Crippen molar-refractivity contribution in [2.45, 2.75) is 5.92 Å². The molecular weight excluding hydrogens is 371 g/mol. The lowest BCUT2D eigenvalue weighted by Crippen LogP contribution is -2.22. The van der Waals surface area contributed by atoms with Crippen molar-refractivity contribution < 1.29 is 9.18 Å². The van der Waals surface area contributed by atoms with Crippen LogP contribution in [0.5, 0.6) is 0 Å². The third kappa shape index (κ3) is 4.00. The van der Waals surface area contributed by atoms with E-state index in [0.717, 1.165) is 16.7 Å². The van der Waals surface area contributed by atoms with E-state index >= 15 is 0 Å². The lowest BCUT2D eigenvalue weighted by atomic mass is 9.90. The van der Waals surface area contributed by atoms with Gasteiger partial charge in [-0.05, 0) is 35.4 Å². The Morgan fingerprint density at radius 3 is 2.00 bits per heavy atom. The molecule has 1 aromatic heterocycles. The van der Waals surface area contributed by atoms with Crippen LogP contribution in [0.1, 0.15) is 17.0 Å². The molecule has 0 radical (unpaired) electrons. The van der Waals surface area contributed by atoms with Gasteiger partial charge in [-0.3, -0.25) is 4.79 Å². The Balaban J connectivity index is 1.59. The van der Waals surface area contributed by atoms with Gasteiger partial charge in [0.2, 0.25) is 5.91 Å².